The van der Waals surface area contributed by atoms with Crippen molar-refractivity contribution in [2.75, 3.05) is 41.7 Å². The Balaban J connectivity index is 1.41. The minimum Gasteiger partial charge on any atom is -0.442 e. The number of nitrogens with zero attached hydrogens (tertiary/aromatic N) is 3. The average molecular weight is 411 g/mol. The molecule has 150 valence electrons. The largest absolute Gasteiger partial charge is 0.442 e. The Morgan fingerprint density at radius 1 is 1.31 bits per heavy atom. The third-order valence-corrected chi connectivity index (χ3v) is 5.99. The molecule has 2 aromatic rings. The van der Waals surface area contributed by atoms with Gasteiger partial charge in [0.05, 0.1) is 34.2 Å². The van der Waals surface area contributed by atoms with Crippen LogP contribution < -0.4 is 20.9 Å². The van der Waals surface area contributed by atoms with E-state index in [0.29, 0.717) is 27.7 Å². The van der Waals surface area contributed by atoms with E-state index in [0.717, 1.165) is 31.6 Å². The van der Waals surface area contributed by atoms with Crippen LogP contribution >= 0.6 is 11.3 Å². The van der Waals surface area contributed by atoms with E-state index in [9.17, 15) is 14.9 Å². The Hall–Kier alpha value is -3.25. The zero-order valence-corrected chi connectivity index (χ0v) is 16.6. The summed E-state index contributed by atoms with van der Waals surface area (Å²) in [6, 6.07) is 11.0. The van der Waals surface area contributed by atoms with Crippen LogP contribution in [-0.2, 0) is 4.74 Å². The van der Waals surface area contributed by atoms with Crippen LogP contribution in [0, 0.1) is 11.3 Å². The smallest absolute Gasteiger partial charge is 0.414 e. The quantitative estimate of drug-likeness (QED) is 0.782. The number of amides is 2. The predicted octanol–water partition coefficient (Wildman–Crippen LogP) is 2.56. The van der Waals surface area contributed by atoms with Gasteiger partial charge in [-0.3, -0.25) is 9.69 Å². The molecule has 0 bridgehead atoms. The number of cyclic esters (lactones) is 1. The van der Waals surface area contributed by atoms with E-state index in [4.69, 9.17) is 10.5 Å². The third-order valence-electron chi connectivity index (χ3n) is 5.07. The number of nitriles is 1. The predicted molar refractivity (Wildman–Crippen MR) is 111 cm³/mol. The molecule has 0 saturated carbocycles. The van der Waals surface area contributed by atoms with Gasteiger partial charge in [-0.2, -0.15) is 5.26 Å². The van der Waals surface area contributed by atoms with Crippen molar-refractivity contribution in [3.05, 3.63) is 40.8 Å². The van der Waals surface area contributed by atoms with Crippen molar-refractivity contribution in [2.45, 2.75) is 18.9 Å². The lowest BCUT2D eigenvalue weighted by molar-refractivity contribution is 0.0920. The number of carbonyl (C=O) groups excluding carboxylic acids is 2. The fourth-order valence-electron chi connectivity index (χ4n) is 3.62. The molecule has 0 spiro atoms. The highest BCUT2D eigenvalue weighted by molar-refractivity contribution is 7.17. The summed E-state index contributed by atoms with van der Waals surface area (Å²) in [5, 5.41) is 12.9. The number of ether oxygens (including phenoxy) is 1. The first-order valence-corrected chi connectivity index (χ1v) is 10.3. The standard InChI is InChI=1S/C20H21N5O3S/c21-10-13-9-14(3-4-16(13)24-7-1-2-8-24)25-12-15(28-20(25)27)11-23-19(26)17-5-6-18(22)29-17/h3-6,9,15H,1-2,7-8,11-12,22H2,(H,23,26)/t15-/m0/s1. The number of rotatable bonds is 5. The van der Waals surface area contributed by atoms with E-state index in [1.54, 1.807) is 18.2 Å². The monoisotopic (exact) mass is 411 g/mol. The van der Waals surface area contributed by atoms with Crippen LogP contribution in [0.4, 0.5) is 21.2 Å². The summed E-state index contributed by atoms with van der Waals surface area (Å²) in [6.45, 7) is 2.39. The maximum absolute atomic E-state index is 12.3. The molecular weight excluding hydrogens is 390 g/mol. The summed E-state index contributed by atoms with van der Waals surface area (Å²) in [5.41, 5.74) is 7.71. The van der Waals surface area contributed by atoms with Crippen molar-refractivity contribution in [3.8, 4) is 6.07 Å². The number of carbonyl (C=O) groups is 2. The van der Waals surface area contributed by atoms with E-state index < -0.39 is 12.2 Å². The Labute approximate surface area is 172 Å². The molecule has 1 aromatic heterocycles. The summed E-state index contributed by atoms with van der Waals surface area (Å²) < 4.78 is 5.38. The molecule has 2 saturated heterocycles. The topological polar surface area (TPSA) is 112 Å². The zero-order valence-electron chi connectivity index (χ0n) is 15.8. The minimum absolute atomic E-state index is 0.204. The van der Waals surface area contributed by atoms with Gasteiger partial charge in [0.1, 0.15) is 12.2 Å². The molecule has 1 aromatic carbocycles. The second-order valence-electron chi connectivity index (χ2n) is 7.04. The molecule has 2 aliphatic heterocycles. The second-order valence-corrected chi connectivity index (χ2v) is 8.15. The third kappa shape index (κ3) is 3.98. The van der Waals surface area contributed by atoms with Crippen LogP contribution in [0.2, 0.25) is 0 Å². The SMILES string of the molecule is N#Cc1cc(N2C[C@H](CNC(=O)c3ccc(N)s3)OC2=O)ccc1N1CCCC1. The lowest BCUT2D eigenvalue weighted by Crippen LogP contribution is -2.34. The molecule has 4 rings (SSSR count). The van der Waals surface area contributed by atoms with Gasteiger partial charge in [-0.15, -0.1) is 11.3 Å². The van der Waals surface area contributed by atoms with Gasteiger partial charge in [-0.05, 0) is 43.2 Å². The molecule has 2 aliphatic rings. The van der Waals surface area contributed by atoms with Crippen LogP contribution in [0.25, 0.3) is 0 Å². The van der Waals surface area contributed by atoms with E-state index in [1.165, 1.54) is 16.2 Å². The van der Waals surface area contributed by atoms with E-state index in [1.807, 2.05) is 12.1 Å². The number of nitrogen functional groups attached to an aromatic ring is 1. The van der Waals surface area contributed by atoms with Crippen molar-refractivity contribution in [3.63, 3.8) is 0 Å². The number of benzene rings is 1. The molecule has 2 fully saturated rings. The minimum atomic E-state index is -0.484. The molecular formula is C20H21N5O3S. The van der Waals surface area contributed by atoms with E-state index in [-0.39, 0.29) is 12.5 Å². The molecule has 0 aliphatic carbocycles. The van der Waals surface area contributed by atoms with Crippen molar-refractivity contribution in [2.24, 2.45) is 0 Å². The normalized spacial score (nSPS) is 18.6. The summed E-state index contributed by atoms with van der Waals surface area (Å²) in [7, 11) is 0. The average Bonchev–Trinajstić information content (AvgIpc) is 3.47. The molecule has 3 heterocycles. The number of hydrogen-bond acceptors (Lipinski definition) is 7. The molecule has 29 heavy (non-hydrogen) atoms. The second kappa shape index (κ2) is 8.01. The van der Waals surface area contributed by atoms with Crippen LogP contribution in [0.15, 0.2) is 30.3 Å². The lowest BCUT2D eigenvalue weighted by Gasteiger charge is -2.21. The first-order chi connectivity index (χ1) is 14.0. The molecule has 0 radical (unpaired) electrons. The fourth-order valence-corrected chi connectivity index (χ4v) is 4.31. The van der Waals surface area contributed by atoms with Gasteiger partial charge in [0.2, 0.25) is 0 Å². The van der Waals surface area contributed by atoms with Gasteiger partial charge in [-0.25, -0.2) is 4.79 Å². The summed E-state index contributed by atoms with van der Waals surface area (Å²) in [4.78, 5) is 28.7. The van der Waals surface area contributed by atoms with Crippen LogP contribution in [0.3, 0.4) is 0 Å². The Morgan fingerprint density at radius 3 is 2.79 bits per heavy atom. The van der Waals surface area contributed by atoms with Crippen molar-refractivity contribution >= 4 is 39.7 Å². The fraction of sp³-hybridized carbons (Fsp3) is 0.350. The maximum atomic E-state index is 12.3. The molecule has 9 heteroatoms. The highest BCUT2D eigenvalue weighted by Crippen LogP contribution is 2.30. The van der Waals surface area contributed by atoms with Gasteiger partial charge in [0.25, 0.3) is 5.91 Å². The van der Waals surface area contributed by atoms with Crippen molar-refractivity contribution in [1.82, 2.24) is 5.32 Å². The van der Waals surface area contributed by atoms with Gasteiger partial charge in [0.15, 0.2) is 0 Å². The van der Waals surface area contributed by atoms with Gasteiger partial charge in [0, 0.05) is 18.8 Å². The number of thiophene rings is 1. The first kappa shape index (κ1) is 19.1. The summed E-state index contributed by atoms with van der Waals surface area (Å²) in [6.07, 6.45) is 1.29. The van der Waals surface area contributed by atoms with E-state index >= 15 is 0 Å². The van der Waals surface area contributed by atoms with Crippen LogP contribution in [0.1, 0.15) is 28.1 Å². The molecule has 3 N–H and O–H groups in total. The van der Waals surface area contributed by atoms with E-state index in [2.05, 4.69) is 16.3 Å². The van der Waals surface area contributed by atoms with Gasteiger partial charge < -0.3 is 20.7 Å². The zero-order chi connectivity index (χ0) is 20.4. The maximum Gasteiger partial charge on any atom is 0.414 e. The number of nitrogens with one attached hydrogen (secondary N) is 1. The number of nitrogens with two attached hydrogens (primary N) is 1. The molecule has 2 amide bonds. The van der Waals surface area contributed by atoms with Crippen LogP contribution in [0.5, 0.6) is 0 Å². The highest BCUT2D eigenvalue weighted by atomic mass is 32.1. The lowest BCUT2D eigenvalue weighted by atomic mass is 10.1. The summed E-state index contributed by atoms with van der Waals surface area (Å²) in [5.74, 6) is -0.247. The van der Waals surface area contributed by atoms with Gasteiger partial charge in [-0.1, -0.05) is 0 Å². The van der Waals surface area contributed by atoms with Crippen molar-refractivity contribution < 1.29 is 14.3 Å². The Bertz CT molecular complexity index is 977. The van der Waals surface area contributed by atoms with Gasteiger partial charge >= 0.3 is 6.09 Å². The summed E-state index contributed by atoms with van der Waals surface area (Å²) >= 11 is 1.21. The van der Waals surface area contributed by atoms with Crippen LogP contribution in [-0.4, -0.2) is 44.3 Å². The van der Waals surface area contributed by atoms with Crippen molar-refractivity contribution in [1.29, 1.82) is 5.26 Å². The molecule has 1 atom stereocenters. The molecule has 0 unspecified atom stereocenters. The Morgan fingerprint density at radius 2 is 2.10 bits per heavy atom. The highest BCUT2D eigenvalue weighted by Gasteiger charge is 2.33. The first-order valence-electron chi connectivity index (χ1n) is 9.46. The Kier molecular flexibility index (Phi) is 5.27. The number of anilines is 3. The molecule has 8 nitrogen and oxygen atoms in total. The number of hydrogen-bond donors (Lipinski definition) is 2.